The van der Waals surface area contributed by atoms with E-state index in [0.29, 0.717) is 13.1 Å². The Balaban J connectivity index is 4.25. The van der Waals surface area contributed by atoms with Gasteiger partial charge < -0.3 is 15.1 Å². The van der Waals surface area contributed by atoms with E-state index in [1.54, 1.807) is 11.8 Å². The molecule has 0 rings (SSSR count). The molecular weight excluding hydrogens is 212 g/mol. The molecule has 0 aromatic carbocycles. The first-order chi connectivity index (χ1) is 7.34. The number of carboxylic acid groups (broad SMARTS) is 2. The van der Waals surface area contributed by atoms with Crippen LogP contribution < -0.4 is 0 Å². The third kappa shape index (κ3) is 6.36. The standard InChI is InChI=1S/C10H20N2O4/c1-8(10(15)16)12(5-4-9(13)14)7-6-11(2)3/h8H,4-7H2,1-3H3,(H,13,14)(H,15,16). The van der Waals surface area contributed by atoms with E-state index < -0.39 is 18.0 Å². The molecule has 16 heavy (non-hydrogen) atoms. The number of aliphatic carboxylic acids is 2. The number of carbonyl (C=O) groups is 2. The van der Waals surface area contributed by atoms with E-state index in [9.17, 15) is 9.59 Å². The number of hydrogen-bond donors (Lipinski definition) is 2. The summed E-state index contributed by atoms with van der Waals surface area (Å²) < 4.78 is 0. The van der Waals surface area contributed by atoms with Gasteiger partial charge >= 0.3 is 11.9 Å². The highest BCUT2D eigenvalue weighted by Gasteiger charge is 2.20. The van der Waals surface area contributed by atoms with Crippen molar-refractivity contribution in [3.8, 4) is 0 Å². The molecule has 0 bridgehead atoms. The average molecular weight is 232 g/mol. The predicted molar refractivity (Wildman–Crippen MR) is 59.5 cm³/mol. The van der Waals surface area contributed by atoms with Crippen LogP contribution in [0, 0.1) is 0 Å². The molecule has 0 amide bonds. The van der Waals surface area contributed by atoms with Gasteiger partial charge in [0.15, 0.2) is 0 Å². The van der Waals surface area contributed by atoms with Crippen LogP contribution in [0.1, 0.15) is 13.3 Å². The zero-order chi connectivity index (χ0) is 12.7. The predicted octanol–water partition coefficient (Wildman–Crippen LogP) is -0.202. The summed E-state index contributed by atoms with van der Waals surface area (Å²) in [6.07, 6.45) is -0.0367. The minimum atomic E-state index is -0.927. The third-order valence-corrected chi connectivity index (χ3v) is 2.35. The Bertz CT molecular complexity index is 243. The van der Waals surface area contributed by atoms with Crippen molar-refractivity contribution in [1.29, 1.82) is 0 Å². The lowest BCUT2D eigenvalue weighted by Crippen LogP contribution is -2.43. The first-order valence-electron chi connectivity index (χ1n) is 5.18. The molecule has 94 valence electrons. The quantitative estimate of drug-likeness (QED) is 0.603. The minimum absolute atomic E-state index is 0.0367. The molecule has 0 fully saturated rings. The van der Waals surface area contributed by atoms with Crippen LogP contribution in [-0.4, -0.2) is 71.7 Å². The Morgan fingerprint density at radius 3 is 2.06 bits per heavy atom. The SMILES string of the molecule is CC(C(=O)O)N(CCC(=O)O)CCN(C)C. The van der Waals surface area contributed by atoms with E-state index >= 15 is 0 Å². The number of rotatable bonds is 8. The fourth-order valence-corrected chi connectivity index (χ4v) is 1.22. The summed E-state index contributed by atoms with van der Waals surface area (Å²) in [5, 5.41) is 17.5. The molecule has 0 saturated heterocycles. The molecule has 1 unspecified atom stereocenters. The van der Waals surface area contributed by atoms with Crippen molar-refractivity contribution in [2.45, 2.75) is 19.4 Å². The number of nitrogens with zero attached hydrogens (tertiary/aromatic N) is 2. The minimum Gasteiger partial charge on any atom is -0.481 e. The Hall–Kier alpha value is -1.14. The van der Waals surface area contributed by atoms with Gasteiger partial charge in [-0.3, -0.25) is 14.5 Å². The molecule has 2 N–H and O–H groups in total. The van der Waals surface area contributed by atoms with E-state index in [1.807, 2.05) is 19.0 Å². The second-order valence-electron chi connectivity index (χ2n) is 4.00. The van der Waals surface area contributed by atoms with E-state index in [2.05, 4.69) is 0 Å². The van der Waals surface area contributed by atoms with Gasteiger partial charge in [0.1, 0.15) is 6.04 Å². The van der Waals surface area contributed by atoms with E-state index in [4.69, 9.17) is 10.2 Å². The zero-order valence-electron chi connectivity index (χ0n) is 10.0. The van der Waals surface area contributed by atoms with E-state index in [0.717, 1.165) is 0 Å². The highest BCUT2D eigenvalue weighted by atomic mass is 16.4. The molecule has 0 aliphatic heterocycles. The summed E-state index contributed by atoms with van der Waals surface area (Å²) in [5.41, 5.74) is 0. The van der Waals surface area contributed by atoms with Gasteiger partial charge in [-0.15, -0.1) is 0 Å². The van der Waals surface area contributed by atoms with Crippen LogP contribution in [0.5, 0.6) is 0 Å². The highest BCUT2D eigenvalue weighted by Crippen LogP contribution is 2.01. The summed E-state index contributed by atoms with van der Waals surface area (Å²) in [5.74, 6) is -1.84. The molecule has 0 saturated carbocycles. The van der Waals surface area contributed by atoms with Gasteiger partial charge in [0.25, 0.3) is 0 Å². The Morgan fingerprint density at radius 2 is 1.69 bits per heavy atom. The van der Waals surface area contributed by atoms with Crippen molar-refractivity contribution in [2.75, 3.05) is 33.7 Å². The molecule has 0 aromatic rings. The fourth-order valence-electron chi connectivity index (χ4n) is 1.22. The summed E-state index contributed by atoms with van der Waals surface area (Å²) in [6.45, 7) is 3.08. The lowest BCUT2D eigenvalue weighted by atomic mass is 10.2. The van der Waals surface area contributed by atoms with Gasteiger partial charge in [0, 0.05) is 19.6 Å². The number of carboxylic acids is 2. The first kappa shape index (κ1) is 14.9. The Kier molecular flexibility index (Phi) is 6.67. The molecule has 1 atom stereocenters. The van der Waals surface area contributed by atoms with Crippen molar-refractivity contribution in [3.63, 3.8) is 0 Å². The van der Waals surface area contributed by atoms with Crippen LogP contribution in [0.25, 0.3) is 0 Å². The maximum absolute atomic E-state index is 10.8. The molecule has 0 aliphatic rings. The Morgan fingerprint density at radius 1 is 1.12 bits per heavy atom. The third-order valence-electron chi connectivity index (χ3n) is 2.35. The molecular formula is C10H20N2O4. The van der Waals surface area contributed by atoms with Crippen LogP contribution in [0.3, 0.4) is 0 Å². The lowest BCUT2D eigenvalue weighted by molar-refractivity contribution is -0.144. The van der Waals surface area contributed by atoms with Crippen LogP contribution in [0.15, 0.2) is 0 Å². The molecule has 6 heteroatoms. The summed E-state index contributed by atoms with van der Waals surface area (Å²) in [7, 11) is 3.78. The van der Waals surface area contributed by atoms with Gasteiger partial charge in [0.2, 0.25) is 0 Å². The first-order valence-corrected chi connectivity index (χ1v) is 5.18. The van der Waals surface area contributed by atoms with Crippen molar-refractivity contribution >= 4 is 11.9 Å². The molecule has 0 spiro atoms. The lowest BCUT2D eigenvalue weighted by Gasteiger charge is -2.26. The molecule has 0 radical (unpaired) electrons. The summed E-state index contributed by atoms with van der Waals surface area (Å²) >= 11 is 0. The van der Waals surface area contributed by atoms with Crippen molar-refractivity contribution in [1.82, 2.24) is 9.80 Å². The van der Waals surface area contributed by atoms with E-state index in [1.165, 1.54) is 0 Å². The molecule has 0 aromatic heterocycles. The fraction of sp³-hybridized carbons (Fsp3) is 0.800. The van der Waals surface area contributed by atoms with Crippen molar-refractivity contribution in [3.05, 3.63) is 0 Å². The zero-order valence-corrected chi connectivity index (χ0v) is 10.0. The largest absolute Gasteiger partial charge is 0.481 e. The van der Waals surface area contributed by atoms with Gasteiger partial charge in [-0.2, -0.15) is 0 Å². The van der Waals surface area contributed by atoms with Crippen LogP contribution >= 0.6 is 0 Å². The normalized spacial score (nSPS) is 13.1. The van der Waals surface area contributed by atoms with Crippen LogP contribution in [-0.2, 0) is 9.59 Å². The monoisotopic (exact) mass is 232 g/mol. The van der Waals surface area contributed by atoms with Gasteiger partial charge in [-0.1, -0.05) is 0 Å². The number of likely N-dealkylation sites (N-methyl/N-ethyl adjacent to an activating group) is 1. The van der Waals surface area contributed by atoms with Gasteiger partial charge in [0.05, 0.1) is 6.42 Å². The second kappa shape index (κ2) is 7.19. The topological polar surface area (TPSA) is 81.1 Å². The van der Waals surface area contributed by atoms with Crippen molar-refractivity contribution < 1.29 is 19.8 Å². The highest BCUT2D eigenvalue weighted by molar-refractivity contribution is 5.73. The average Bonchev–Trinajstić information content (AvgIpc) is 2.16. The molecule has 0 aliphatic carbocycles. The van der Waals surface area contributed by atoms with Crippen LogP contribution in [0.4, 0.5) is 0 Å². The van der Waals surface area contributed by atoms with Crippen LogP contribution in [0.2, 0.25) is 0 Å². The molecule has 0 heterocycles. The van der Waals surface area contributed by atoms with Gasteiger partial charge in [-0.05, 0) is 21.0 Å². The van der Waals surface area contributed by atoms with Gasteiger partial charge in [-0.25, -0.2) is 0 Å². The summed E-state index contributed by atoms with van der Waals surface area (Å²) in [4.78, 5) is 24.9. The van der Waals surface area contributed by atoms with Crippen molar-refractivity contribution in [2.24, 2.45) is 0 Å². The maximum Gasteiger partial charge on any atom is 0.320 e. The second-order valence-corrected chi connectivity index (χ2v) is 4.00. The molecule has 6 nitrogen and oxygen atoms in total. The maximum atomic E-state index is 10.8. The van der Waals surface area contributed by atoms with E-state index in [-0.39, 0.29) is 13.0 Å². The smallest absolute Gasteiger partial charge is 0.320 e. The Labute approximate surface area is 95.5 Å². The summed E-state index contributed by atoms with van der Waals surface area (Å²) in [6, 6.07) is -0.653. The number of hydrogen-bond acceptors (Lipinski definition) is 4.